The Kier molecular flexibility index (Phi) is 4.50. The SMILES string of the molecule is CC(C)(C)NCc1nc(COc2cccnc2)cs1. The molecule has 5 heteroatoms. The van der Waals surface area contributed by atoms with Gasteiger partial charge in [0.05, 0.1) is 11.9 Å². The molecular formula is C14H19N3OS. The fraction of sp³-hybridized carbons (Fsp3) is 0.429. The smallest absolute Gasteiger partial charge is 0.138 e. The number of thiazole rings is 1. The second-order valence-electron chi connectivity index (χ2n) is 5.31. The van der Waals surface area contributed by atoms with Crippen LogP contribution in [0.4, 0.5) is 0 Å². The zero-order valence-corrected chi connectivity index (χ0v) is 12.3. The second-order valence-corrected chi connectivity index (χ2v) is 6.26. The van der Waals surface area contributed by atoms with Crippen molar-refractivity contribution in [2.75, 3.05) is 0 Å². The molecule has 0 atom stereocenters. The molecule has 0 aliphatic carbocycles. The molecule has 0 fully saturated rings. The van der Waals surface area contributed by atoms with Gasteiger partial charge in [-0.3, -0.25) is 4.98 Å². The highest BCUT2D eigenvalue weighted by Crippen LogP contribution is 2.14. The third-order valence-corrected chi connectivity index (χ3v) is 3.29. The van der Waals surface area contributed by atoms with Crippen molar-refractivity contribution in [1.29, 1.82) is 0 Å². The van der Waals surface area contributed by atoms with Gasteiger partial charge in [0.1, 0.15) is 17.4 Å². The molecule has 0 radical (unpaired) electrons. The highest BCUT2D eigenvalue weighted by atomic mass is 32.1. The Labute approximate surface area is 117 Å². The van der Waals surface area contributed by atoms with Crippen LogP contribution in [0.5, 0.6) is 5.75 Å². The summed E-state index contributed by atoms with van der Waals surface area (Å²) in [6.45, 7) is 7.71. The van der Waals surface area contributed by atoms with Crippen LogP contribution in [-0.4, -0.2) is 15.5 Å². The second kappa shape index (κ2) is 6.12. The minimum atomic E-state index is 0.109. The Morgan fingerprint density at radius 2 is 2.21 bits per heavy atom. The largest absolute Gasteiger partial charge is 0.486 e. The Balaban J connectivity index is 1.84. The minimum Gasteiger partial charge on any atom is -0.486 e. The van der Waals surface area contributed by atoms with Crippen molar-refractivity contribution in [1.82, 2.24) is 15.3 Å². The van der Waals surface area contributed by atoms with Crippen LogP contribution >= 0.6 is 11.3 Å². The topological polar surface area (TPSA) is 47.0 Å². The van der Waals surface area contributed by atoms with E-state index in [1.807, 2.05) is 17.5 Å². The van der Waals surface area contributed by atoms with E-state index in [0.717, 1.165) is 23.0 Å². The summed E-state index contributed by atoms with van der Waals surface area (Å²) in [5.41, 5.74) is 1.07. The van der Waals surface area contributed by atoms with E-state index in [0.29, 0.717) is 6.61 Å². The standard InChI is InChI=1S/C14H19N3OS/c1-14(2,3)16-8-13-17-11(10-19-13)9-18-12-5-4-6-15-7-12/h4-7,10,16H,8-9H2,1-3H3. The Bertz CT molecular complexity index is 505. The first-order valence-electron chi connectivity index (χ1n) is 6.24. The fourth-order valence-electron chi connectivity index (χ4n) is 1.43. The zero-order chi connectivity index (χ0) is 13.7. The molecule has 2 rings (SSSR count). The highest BCUT2D eigenvalue weighted by molar-refractivity contribution is 7.09. The van der Waals surface area contributed by atoms with Gasteiger partial charge in [0.2, 0.25) is 0 Å². The normalized spacial score (nSPS) is 11.5. The van der Waals surface area contributed by atoms with Gasteiger partial charge in [-0.05, 0) is 32.9 Å². The summed E-state index contributed by atoms with van der Waals surface area (Å²) in [5, 5.41) is 6.54. The maximum absolute atomic E-state index is 5.61. The van der Waals surface area contributed by atoms with Crippen molar-refractivity contribution in [2.24, 2.45) is 0 Å². The lowest BCUT2D eigenvalue weighted by Crippen LogP contribution is -2.35. The molecule has 1 N–H and O–H groups in total. The van der Waals surface area contributed by atoms with E-state index in [1.165, 1.54) is 0 Å². The van der Waals surface area contributed by atoms with Crippen molar-refractivity contribution >= 4 is 11.3 Å². The summed E-state index contributed by atoms with van der Waals surface area (Å²) in [7, 11) is 0. The molecule has 0 aromatic carbocycles. The lowest BCUT2D eigenvalue weighted by Gasteiger charge is -2.19. The molecule has 0 aliphatic heterocycles. The molecule has 0 saturated carbocycles. The minimum absolute atomic E-state index is 0.109. The van der Waals surface area contributed by atoms with Gasteiger partial charge in [0.15, 0.2) is 0 Å². The third kappa shape index (κ3) is 4.96. The summed E-state index contributed by atoms with van der Waals surface area (Å²) >= 11 is 1.66. The predicted octanol–water partition coefficient (Wildman–Crippen LogP) is 3.01. The van der Waals surface area contributed by atoms with E-state index in [1.54, 1.807) is 23.7 Å². The van der Waals surface area contributed by atoms with Gasteiger partial charge in [-0.25, -0.2) is 4.98 Å². The molecule has 2 heterocycles. The van der Waals surface area contributed by atoms with Crippen molar-refractivity contribution in [3.05, 3.63) is 40.6 Å². The Morgan fingerprint density at radius 1 is 1.37 bits per heavy atom. The van der Waals surface area contributed by atoms with Crippen LogP contribution in [0.3, 0.4) is 0 Å². The van der Waals surface area contributed by atoms with Gasteiger partial charge in [-0.1, -0.05) is 0 Å². The van der Waals surface area contributed by atoms with Gasteiger partial charge in [-0.2, -0.15) is 0 Å². The van der Waals surface area contributed by atoms with Crippen LogP contribution in [0.2, 0.25) is 0 Å². The maximum atomic E-state index is 5.61. The number of aromatic nitrogens is 2. The summed E-state index contributed by atoms with van der Waals surface area (Å²) in [6.07, 6.45) is 3.43. The molecule has 0 saturated heterocycles. The van der Waals surface area contributed by atoms with Crippen LogP contribution in [0, 0.1) is 0 Å². The average Bonchev–Trinajstić information content (AvgIpc) is 2.82. The third-order valence-electron chi connectivity index (χ3n) is 2.39. The molecule has 4 nitrogen and oxygen atoms in total. The van der Waals surface area contributed by atoms with Crippen molar-refractivity contribution in [2.45, 2.75) is 39.5 Å². The lowest BCUT2D eigenvalue weighted by atomic mass is 10.1. The van der Waals surface area contributed by atoms with Gasteiger partial charge in [-0.15, -0.1) is 11.3 Å². The summed E-state index contributed by atoms with van der Waals surface area (Å²) in [6, 6.07) is 3.75. The molecule has 0 amide bonds. The van der Waals surface area contributed by atoms with E-state index >= 15 is 0 Å². The quantitative estimate of drug-likeness (QED) is 0.912. The van der Waals surface area contributed by atoms with Crippen LogP contribution in [0.15, 0.2) is 29.9 Å². The summed E-state index contributed by atoms with van der Waals surface area (Å²) < 4.78 is 5.61. The monoisotopic (exact) mass is 277 g/mol. The number of hydrogen-bond acceptors (Lipinski definition) is 5. The van der Waals surface area contributed by atoms with Crippen molar-refractivity contribution in [3.63, 3.8) is 0 Å². The molecule has 2 aromatic heterocycles. The molecule has 0 spiro atoms. The molecule has 0 unspecified atom stereocenters. The van der Waals surface area contributed by atoms with Crippen LogP contribution in [0.25, 0.3) is 0 Å². The van der Waals surface area contributed by atoms with Crippen molar-refractivity contribution in [3.8, 4) is 5.75 Å². The zero-order valence-electron chi connectivity index (χ0n) is 11.5. The van der Waals surface area contributed by atoms with Crippen molar-refractivity contribution < 1.29 is 4.74 Å². The van der Waals surface area contributed by atoms with Gasteiger partial charge < -0.3 is 10.1 Å². The fourth-order valence-corrected chi connectivity index (χ4v) is 2.15. The van der Waals surface area contributed by atoms with Crippen LogP contribution < -0.4 is 10.1 Å². The first kappa shape index (κ1) is 14.0. The van der Waals surface area contributed by atoms with E-state index in [2.05, 4.69) is 36.1 Å². The van der Waals surface area contributed by atoms with Gasteiger partial charge in [0, 0.05) is 23.7 Å². The van der Waals surface area contributed by atoms with Crippen LogP contribution in [0.1, 0.15) is 31.5 Å². The number of ether oxygens (including phenoxy) is 1. The average molecular weight is 277 g/mol. The Morgan fingerprint density at radius 3 is 2.89 bits per heavy atom. The molecule has 2 aromatic rings. The van der Waals surface area contributed by atoms with Gasteiger partial charge in [0.25, 0.3) is 0 Å². The number of pyridine rings is 1. The van der Waals surface area contributed by atoms with Crippen LogP contribution in [-0.2, 0) is 13.2 Å². The van der Waals surface area contributed by atoms with E-state index in [9.17, 15) is 0 Å². The van der Waals surface area contributed by atoms with E-state index in [-0.39, 0.29) is 5.54 Å². The Hall–Kier alpha value is -1.46. The maximum Gasteiger partial charge on any atom is 0.138 e. The molecule has 0 bridgehead atoms. The molecular weight excluding hydrogens is 258 g/mol. The number of nitrogens with zero attached hydrogens (tertiary/aromatic N) is 2. The first-order valence-corrected chi connectivity index (χ1v) is 7.12. The molecule has 102 valence electrons. The number of rotatable bonds is 5. The summed E-state index contributed by atoms with van der Waals surface area (Å²) in [4.78, 5) is 8.54. The summed E-state index contributed by atoms with van der Waals surface area (Å²) in [5.74, 6) is 0.768. The number of nitrogens with one attached hydrogen (secondary N) is 1. The number of hydrogen-bond donors (Lipinski definition) is 1. The highest BCUT2D eigenvalue weighted by Gasteiger charge is 2.10. The van der Waals surface area contributed by atoms with E-state index in [4.69, 9.17) is 4.74 Å². The van der Waals surface area contributed by atoms with Gasteiger partial charge >= 0.3 is 0 Å². The first-order chi connectivity index (χ1) is 9.03. The molecule has 0 aliphatic rings. The van der Waals surface area contributed by atoms with E-state index < -0.39 is 0 Å². The molecule has 19 heavy (non-hydrogen) atoms. The predicted molar refractivity (Wildman–Crippen MR) is 77.3 cm³/mol. The lowest BCUT2D eigenvalue weighted by molar-refractivity contribution is 0.300.